The molecule has 0 N–H and O–H groups in total. The van der Waals surface area contributed by atoms with E-state index >= 15 is 0 Å². The second-order valence-electron chi connectivity index (χ2n) is 6.46. The van der Waals surface area contributed by atoms with Gasteiger partial charge >= 0.3 is 5.69 Å². The highest BCUT2D eigenvalue weighted by Gasteiger charge is 2.17. The molecule has 0 radical (unpaired) electrons. The van der Waals surface area contributed by atoms with E-state index in [0.717, 1.165) is 10.1 Å². The van der Waals surface area contributed by atoms with Gasteiger partial charge in [-0.25, -0.2) is 14.2 Å². The molecule has 8 heteroatoms. The van der Waals surface area contributed by atoms with Gasteiger partial charge in [-0.15, -0.1) is 0 Å². The predicted octanol–water partition coefficient (Wildman–Crippen LogP) is 4.10. The Morgan fingerprint density at radius 3 is 2.38 bits per heavy atom. The van der Waals surface area contributed by atoms with Gasteiger partial charge in [-0.1, -0.05) is 41.4 Å². The maximum atomic E-state index is 14.3. The quantitative estimate of drug-likeness (QED) is 0.490. The van der Waals surface area contributed by atoms with Gasteiger partial charge in [-0.05, 0) is 42.0 Å². The molecule has 0 atom stereocenters. The molecule has 0 saturated carbocycles. The average Bonchev–Trinajstić information content (AvgIpc) is 2.72. The van der Waals surface area contributed by atoms with E-state index in [1.807, 2.05) is 0 Å². The molecule has 0 spiro atoms. The molecule has 0 amide bonds. The molecule has 0 unspecified atom stereocenters. The molecule has 2 aromatic carbocycles. The highest BCUT2D eigenvalue weighted by atomic mass is 35.5. The number of pyridine rings is 1. The number of halogens is 3. The topological polar surface area (TPSA) is 56.9 Å². The molecular formula is C21H14Cl2FN3O2. The molecular weight excluding hydrogens is 416 g/mol. The Labute approximate surface area is 174 Å². The number of benzene rings is 2. The second-order valence-corrected chi connectivity index (χ2v) is 7.30. The number of fused-ring (bicyclic) bond motifs is 1. The van der Waals surface area contributed by atoms with Crippen LogP contribution >= 0.6 is 23.2 Å². The van der Waals surface area contributed by atoms with Gasteiger partial charge in [-0.3, -0.25) is 13.9 Å². The molecule has 146 valence electrons. The summed E-state index contributed by atoms with van der Waals surface area (Å²) in [6.45, 7) is -0.0974. The average molecular weight is 430 g/mol. The summed E-state index contributed by atoms with van der Waals surface area (Å²) < 4.78 is 16.7. The van der Waals surface area contributed by atoms with Crippen LogP contribution in [0.4, 0.5) is 4.39 Å². The molecule has 4 aromatic rings. The van der Waals surface area contributed by atoms with Crippen molar-refractivity contribution < 1.29 is 4.39 Å². The lowest BCUT2D eigenvalue weighted by molar-refractivity contribution is 0.583. The van der Waals surface area contributed by atoms with Crippen molar-refractivity contribution in [3.63, 3.8) is 0 Å². The van der Waals surface area contributed by atoms with Crippen LogP contribution in [-0.2, 0) is 13.1 Å². The maximum absolute atomic E-state index is 14.3. The van der Waals surface area contributed by atoms with Crippen LogP contribution in [0.1, 0.15) is 11.1 Å². The summed E-state index contributed by atoms with van der Waals surface area (Å²) in [5, 5.41) is 0.747. The summed E-state index contributed by atoms with van der Waals surface area (Å²) in [6.07, 6.45) is 1.47. The lowest BCUT2D eigenvalue weighted by atomic mass is 10.2. The Hall–Kier alpha value is -2.96. The van der Waals surface area contributed by atoms with Gasteiger partial charge in [0.15, 0.2) is 5.52 Å². The van der Waals surface area contributed by atoms with Crippen molar-refractivity contribution in [3.8, 4) is 0 Å². The summed E-state index contributed by atoms with van der Waals surface area (Å²) in [5.74, 6) is -0.531. The number of aromatic nitrogens is 3. The van der Waals surface area contributed by atoms with E-state index < -0.39 is 17.1 Å². The van der Waals surface area contributed by atoms with Crippen LogP contribution in [0.25, 0.3) is 11.0 Å². The molecule has 2 heterocycles. The van der Waals surface area contributed by atoms with Crippen molar-refractivity contribution in [2.45, 2.75) is 13.1 Å². The van der Waals surface area contributed by atoms with Crippen LogP contribution in [-0.4, -0.2) is 14.1 Å². The molecule has 4 rings (SSSR count). The number of hydrogen-bond donors (Lipinski definition) is 0. The molecule has 2 aromatic heterocycles. The molecule has 0 bridgehead atoms. The van der Waals surface area contributed by atoms with E-state index in [2.05, 4.69) is 4.98 Å². The molecule has 0 fully saturated rings. The highest BCUT2D eigenvalue weighted by molar-refractivity contribution is 6.31. The van der Waals surface area contributed by atoms with Crippen LogP contribution in [0.5, 0.6) is 0 Å². The highest BCUT2D eigenvalue weighted by Crippen LogP contribution is 2.20. The molecule has 0 aliphatic rings. The van der Waals surface area contributed by atoms with Gasteiger partial charge < -0.3 is 0 Å². The Morgan fingerprint density at radius 1 is 0.897 bits per heavy atom. The van der Waals surface area contributed by atoms with Crippen molar-refractivity contribution >= 4 is 34.2 Å². The second kappa shape index (κ2) is 7.81. The third kappa shape index (κ3) is 3.69. The molecule has 0 saturated heterocycles. The first-order chi connectivity index (χ1) is 14.0. The first kappa shape index (κ1) is 19.4. The number of hydrogen-bond acceptors (Lipinski definition) is 3. The smallest absolute Gasteiger partial charge is 0.287 e. The van der Waals surface area contributed by atoms with Crippen molar-refractivity contribution in [2.24, 2.45) is 0 Å². The zero-order valence-electron chi connectivity index (χ0n) is 15.0. The Balaban J connectivity index is 1.93. The summed E-state index contributed by atoms with van der Waals surface area (Å²) in [5.41, 5.74) is 0.223. The normalized spacial score (nSPS) is 11.1. The fraction of sp³-hybridized carbons (Fsp3) is 0.0952. The van der Waals surface area contributed by atoms with Crippen LogP contribution < -0.4 is 11.2 Å². The van der Waals surface area contributed by atoms with E-state index in [1.165, 1.54) is 22.9 Å². The lowest BCUT2D eigenvalue weighted by Gasteiger charge is -2.15. The molecule has 29 heavy (non-hydrogen) atoms. The SMILES string of the molecule is O=c1c2ncccc2n(Cc2c(F)cccc2Cl)c(=O)n1Cc1ccc(Cl)cc1. The largest absolute Gasteiger partial charge is 0.332 e. The van der Waals surface area contributed by atoms with E-state index in [1.54, 1.807) is 42.5 Å². The number of nitrogens with zero attached hydrogens (tertiary/aromatic N) is 3. The molecule has 0 aliphatic carbocycles. The van der Waals surface area contributed by atoms with Crippen LogP contribution in [0.15, 0.2) is 70.4 Å². The van der Waals surface area contributed by atoms with Crippen LogP contribution in [0.2, 0.25) is 10.0 Å². The van der Waals surface area contributed by atoms with Crippen molar-refractivity contribution in [1.82, 2.24) is 14.1 Å². The van der Waals surface area contributed by atoms with Crippen molar-refractivity contribution in [2.75, 3.05) is 0 Å². The summed E-state index contributed by atoms with van der Waals surface area (Å²) in [6, 6.07) is 14.4. The minimum absolute atomic E-state index is 0.0341. The third-order valence-electron chi connectivity index (χ3n) is 4.62. The zero-order valence-corrected chi connectivity index (χ0v) is 16.5. The van der Waals surface area contributed by atoms with Crippen molar-refractivity contribution in [3.05, 3.63) is 109 Å². The Kier molecular flexibility index (Phi) is 5.22. The summed E-state index contributed by atoms with van der Waals surface area (Å²) >= 11 is 12.1. The predicted molar refractivity (Wildman–Crippen MR) is 111 cm³/mol. The van der Waals surface area contributed by atoms with Gasteiger partial charge in [-0.2, -0.15) is 0 Å². The summed E-state index contributed by atoms with van der Waals surface area (Å²) in [4.78, 5) is 30.3. The standard InChI is InChI=1S/C21H14Cl2FN3O2/c22-14-8-6-13(7-9-14)11-27-20(28)19-18(5-2-10-25-19)26(21(27)29)12-15-16(23)3-1-4-17(15)24/h1-10H,11-12H2. The minimum Gasteiger partial charge on any atom is -0.287 e. The first-order valence-electron chi connectivity index (χ1n) is 8.71. The maximum Gasteiger partial charge on any atom is 0.332 e. The Morgan fingerprint density at radius 2 is 1.66 bits per heavy atom. The Bertz CT molecular complexity index is 1310. The van der Waals surface area contributed by atoms with Gasteiger partial charge in [0.05, 0.1) is 18.6 Å². The van der Waals surface area contributed by atoms with Gasteiger partial charge in [0.1, 0.15) is 5.82 Å². The summed E-state index contributed by atoms with van der Waals surface area (Å²) in [7, 11) is 0. The zero-order chi connectivity index (χ0) is 20.5. The van der Waals surface area contributed by atoms with Crippen LogP contribution in [0, 0.1) is 5.82 Å². The fourth-order valence-electron chi connectivity index (χ4n) is 3.15. The number of rotatable bonds is 4. The molecule has 5 nitrogen and oxygen atoms in total. The van der Waals surface area contributed by atoms with Gasteiger partial charge in [0.2, 0.25) is 0 Å². The third-order valence-corrected chi connectivity index (χ3v) is 5.22. The fourth-order valence-corrected chi connectivity index (χ4v) is 3.50. The van der Waals surface area contributed by atoms with E-state index in [4.69, 9.17) is 23.2 Å². The first-order valence-corrected chi connectivity index (χ1v) is 9.47. The van der Waals surface area contributed by atoms with E-state index in [9.17, 15) is 14.0 Å². The van der Waals surface area contributed by atoms with Crippen molar-refractivity contribution in [1.29, 1.82) is 0 Å². The molecule has 0 aliphatic heterocycles. The van der Waals surface area contributed by atoms with Gasteiger partial charge in [0.25, 0.3) is 5.56 Å². The lowest BCUT2D eigenvalue weighted by Crippen LogP contribution is -2.41. The van der Waals surface area contributed by atoms with Gasteiger partial charge in [0, 0.05) is 21.8 Å². The van der Waals surface area contributed by atoms with E-state index in [-0.39, 0.29) is 29.2 Å². The monoisotopic (exact) mass is 429 g/mol. The van der Waals surface area contributed by atoms with Crippen LogP contribution in [0.3, 0.4) is 0 Å². The minimum atomic E-state index is -0.579. The van der Waals surface area contributed by atoms with E-state index in [0.29, 0.717) is 10.5 Å².